The van der Waals surface area contributed by atoms with Crippen LogP contribution in [0, 0.1) is 13.8 Å². The van der Waals surface area contributed by atoms with Crippen LogP contribution in [-0.4, -0.2) is 0 Å². The molecule has 0 radical (unpaired) electrons. The molecular weight excluding hydrogens is 577 g/mol. The van der Waals surface area contributed by atoms with Crippen molar-refractivity contribution in [3.05, 3.63) is 162 Å². The Hall–Kier alpha value is -5.72. The average molecular weight is 611 g/mol. The van der Waals surface area contributed by atoms with E-state index in [1.54, 1.807) is 0 Å². The molecule has 8 aromatic rings. The molecule has 0 bridgehead atoms. The Morgan fingerprint density at radius 3 is 1.83 bits per heavy atom. The topological polar surface area (TPSA) is 0 Å². The minimum absolute atomic E-state index is 1.08. The zero-order valence-corrected chi connectivity index (χ0v) is 27.3. The number of hydrogen-bond donors (Lipinski definition) is 0. The summed E-state index contributed by atoms with van der Waals surface area (Å²) in [5.74, 6) is 0. The summed E-state index contributed by atoms with van der Waals surface area (Å²) in [4.78, 5) is 0. The number of allylic oxidation sites excluding steroid dienone is 1. The van der Waals surface area contributed by atoms with Crippen LogP contribution in [0.1, 0.15) is 28.7 Å². The maximum atomic E-state index is 2.55. The molecule has 0 heteroatoms. The Labute approximate surface area is 281 Å². The Bertz CT molecular complexity index is 2630. The van der Waals surface area contributed by atoms with Gasteiger partial charge in [0.1, 0.15) is 0 Å². The lowest BCUT2D eigenvalue weighted by molar-refractivity contribution is 0.998. The van der Waals surface area contributed by atoms with Gasteiger partial charge < -0.3 is 0 Å². The van der Waals surface area contributed by atoms with Crippen LogP contribution in [0.2, 0.25) is 0 Å². The molecule has 0 unspecified atom stereocenters. The molecule has 0 atom stereocenters. The second-order valence-corrected chi connectivity index (χ2v) is 13.6. The van der Waals surface area contributed by atoms with Crippen LogP contribution in [-0.2, 0) is 6.42 Å². The second-order valence-electron chi connectivity index (χ2n) is 13.6. The van der Waals surface area contributed by atoms with Crippen molar-refractivity contribution in [2.45, 2.75) is 26.7 Å². The molecule has 0 spiro atoms. The summed E-state index contributed by atoms with van der Waals surface area (Å²) in [6.45, 7) is 4.47. The standard InChI is InChI=1S/C48H34/c1-29-13-11-14-30(2)43(29)34-24-26-38-41(27-34)45(33-18-7-4-8-19-33)48-42-28-40-35-20-10-9-15-31(35)23-25-36(40)37-21-12-22-39(46(37)42)47(48)44(38)32-16-5-3-6-17-32/h3-9,11-19,21-28H,10,20H2,1-2H3. The third kappa shape index (κ3) is 3.84. The molecule has 0 N–H and O–H groups in total. The van der Waals surface area contributed by atoms with Gasteiger partial charge in [0.2, 0.25) is 0 Å². The summed E-state index contributed by atoms with van der Waals surface area (Å²) in [5.41, 5.74) is 18.7. The summed E-state index contributed by atoms with van der Waals surface area (Å²) in [6.07, 6.45) is 6.81. The zero-order chi connectivity index (χ0) is 31.9. The second kappa shape index (κ2) is 10.4. The summed E-state index contributed by atoms with van der Waals surface area (Å²) in [6, 6.07) is 50.3. The summed E-state index contributed by atoms with van der Waals surface area (Å²) >= 11 is 0. The largest absolute Gasteiger partial charge is 0.0836 e. The van der Waals surface area contributed by atoms with E-state index in [-0.39, 0.29) is 0 Å². The van der Waals surface area contributed by atoms with Crippen molar-refractivity contribution in [3.8, 4) is 55.6 Å². The highest BCUT2D eigenvalue weighted by Gasteiger charge is 2.32. The highest BCUT2D eigenvalue weighted by atomic mass is 14.3. The van der Waals surface area contributed by atoms with E-state index in [0.717, 1.165) is 12.8 Å². The van der Waals surface area contributed by atoms with Crippen LogP contribution in [0.4, 0.5) is 0 Å². The first kappa shape index (κ1) is 27.4. The van der Waals surface area contributed by atoms with Gasteiger partial charge in [-0.15, -0.1) is 0 Å². The molecule has 0 saturated heterocycles. The molecule has 8 aromatic carbocycles. The molecule has 0 amide bonds. The van der Waals surface area contributed by atoms with E-state index in [0.29, 0.717) is 0 Å². The van der Waals surface area contributed by atoms with Crippen molar-refractivity contribution in [1.29, 1.82) is 0 Å². The fraction of sp³-hybridized carbons (Fsp3) is 0.0833. The SMILES string of the molecule is Cc1cccc(C)c1-c1ccc2c(-c3ccccc3)c3c(c(-c4ccccc4)c2c1)-c1cc2c4c(ccc2c2cccc-3c12)C=CCC4. The highest BCUT2D eigenvalue weighted by molar-refractivity contribution is 6.31. The van der Waals surface area contributed by atoms with Gasteiger partial charge in [-0.1, -0.05) is 133 Å². The van der Waals surface area contributed by atoms with E-state index < -0.39 is 0 Å². The summed E-state index contributed by atoms with van der Waals surface area (Å²) in [7, 11) is 0. The number of fused-ring (bicyclic) bond motifs is 8. The summed E-state index contributed by atoms with van der Waals surface area (Å²) < 4.78 is 0. The first-order chi connectivity index (χ1) is 23.7. The third-order valence-corrected chi connectivity index (χ3v) is 10.9. The van der Waals surface area contributed by atoms with E-state index in [4.69, 9.17) is 0 Å². The van der Waals surface area contributed by atoms with Crippen LogP contribution in [0.25, 0.3) is 94.0 Å². The molecule has 2 aliphatic carbocycles. The maximum absolute atomic E-state index is 2.55. The number of benzene rings is 8. The summed E-state index contributed by atoms with van der Waals surface area (Å²) in [5, 5.41) is 8.09. The predicted molar refractivity (Wildman–Crippen MR) is 207 cm³/mol. The molecule has 48 heavy (non-hydrogen) atoms. The maximum Gasteiger partial charge on any atom is -0.000719 e. The van der Waals surface area contributed by atoms with Gasteiger partial charge in [0.15, 0.2) is 0 Å². The van der Waals surface area contributed by atoms with Crippen molar-refractivity contribution >= 4 is 38.4 Å². The van der Waals surface area contributed by atoms with Gasteiger partial charge in [0.05, 0.1) is 0 Å². The van der Waals surface area contributed by atoms with Gasteiger partial charge in [-0.2, -0.15) is 0 Å². The molecule has 0 nitrogen and oxygen atoms in total. The van der Waals surface area contributed by atoms with Crippen molar-refractivity contribution in [3.63, 3.8) is 0 Å². The molecule has 0 saturated carbocycles. The normalized spacial score (nSPS) is 13.0. The monoisotopic (exact) mass is 610 g/mol. The van der Waals surface area contributed by atoms with Crippen molar-refractivity contribution in [1.82, 2.24) is 0 Å². The van der Waals surface area contributed by atoms with Crippen LogP contribution in [0.15, 0.2) is 140 Å². The lowest BCUT2D eigenvalue weighted by atomic mass is 9.81. The van der Waals surface area contributed by atoms with E-state index in [9.17, 15) is 0 Å². The number of rotatable bonds is 3. The Kier molecular flexibility index (Phi) is 5.93. The molecule has 2 aliphatic rings. The first-order valence-corrected chi connectivity index (χ1v) is 17.2. The van der Waals surface area contributed by atoms with E-state index in [1.807, 2.05) is 0 Å². The Morgan fingerprint density at radius 1 is 0.417 bits per heavy atom. The molecule has 0 heterocycles. The van der Waals surface area contributed by atoms with Crippen LogP contribution < -0.4 is 0 Å². The van der Waals surface area contributed by atoms with E-state index in [1.165, 1.54) is 110 Å². The van der Waals surface area contributed by atoms with Crippen molar-refractivity contribution in [2.75, 3.05) is 0 Å². The predicted octanol–water partition coefficient (Wildman–Crippen LogP) is 13.4. The third-order valence-electron chi connectivity index (χ3n) is 10.9. The van der Waals surface area contributed by atoms with Crippen LogP contribution >= 0.6 is 0 Å². The van der Waals surface area contributed by atoms with Gasteiger partial charge >= 0.3 is 0 Å². The fourth-order valence-electron chi connectivity index (χ4n) is 8.91. The van der Waals surface area contributed by atoms with Gasteiger partial charge in [0.25, 0.3) is 0 Å². The van der Waals surface area contributed by atoms with Crippen molar-refractivity contribution < 1.29 is 0 Å². The molecule has 0 aliphatic heterocycles. The number of aryl methyl sites for hydroxylation is 3. The van der Waals surface area contributed by atoms with Gasteiger partial charge in [-0.25, -0.2) is 0 Å². The lowest BCUT2D eigenvalue weighted by Crippen LogP contribution is -1.97. The van der Waals surface area contributed by atoms with Gasteiger partial charge in [-0.3, -0.25) is 0 Å². The average Bonchev–Trinajstić information content (AvgIpc) is 3.45. The van der Waals surface area contributed by atoms with E-state index in [2.05, 4.69) is 159 Å². The van der Waals surface area contributed by atoms with Gasteiger partial charge in [0, 0.05) is 0 Å². The Balaban J connectivity index is 1.43. The zero-order valence-electron chi connectivity index (χ0n) is 27.3. The molecule has 0 fully saturated rings. The van der Waals surface area contributed by atoms with Gasteiger partial charge in [-0.05, 0) is 149 Å². The first-order valence-electron chi connectivity index (χ1n) is 17.2. The van der Waals surface area contributed by atoms with Crippen LogP contribution in [0.5, 0.6) is 0 Å². The molecule has 10 rings (SSSR count). The molecular formula is C48H34. The fourth-order valence-corrected chi connectivity index (χ4v) is 8.91. The highest BCUT2D eigenvalue weighted by Crippen LogP contribution is 2.59. The lowest BCUT2D eigenvalue weighted by Gasteiger charge is -2.22. The van der Waals surface area contributed by atoms with Crippen molar-refractivity contribution in [2.24, 2.45) is 0 Å². The molecule has 226 valence electrons. The Morgan fingerprint density at radius 2 is 1.08 bits per heavy atom. The minimum atomic E-state index is 1.08. The molecule has 0 aromatic heterocycles. The quantitative estimate of drug-likeness (QED) is 0.175. The van der Waals surface area contributed by atoms with E-state index >= 15 is 0 Å². The smallest absolute Gasteiger partial charge is 0.000719 e. The van der Waals surface area contributed by atoms with Crippen LogP contribution in [0.3, 0.4) is 0 Å². The number of hydrogen-bond acceptors (Lipinski definition) is 0. The minimum Gasteiger partial charge on any atom is -0.0836 e.